The van der Waals surface area contributed by atoms with Gasteiger partial charge in [0.25, 0.3) is 0 Å². The molecular weight excluding hydrogens is 241 g/mol. The summed E-state index contributed by atoms with van der Waals surface area (Å²) < 4.78 is 13.1. The average Bonchev–Trinajstić information content (AvgIpc) is 2.80. The van der Waals surface area contributed by atoms with Gasteiger partial charge in [-0.3, -0.25) is 0 Å². The number of benzene rings is 1. The first-order valence-corrected chi connectivity index (χ1v) is 6.67. The van der Waals surface area contributed by atoms with Gasteiger partial charge in [-0.25, -0.2) is 9.18 Å². The predicted molar refractivity (Wildman–Crippen MR) is 67.3 cm³/mol. The van der Waals surface area contributed by atoms with Gasteiger partial charge in [0, 0.05) is 12.2 Å². The number of hydrogen-bond acceptors (Lipinski definition) is 3. The van der Waals surface area contributed by atoms with Crippen molar-refractivity contribution in [3.05, 3.63) is 29.6 Å². The second-order valence-electron chi connectivity index (χ2n) is 4.11. The minimum Gasteiger partial charge on any atom is -0.478 e. The van der Waals surface area contributed by atoms with Gasteiger partial charge in [-0.05, 0) is 42.0 Å². The summed E-state index contributed by atoms with van der Waals surface area (Å²) >= 11 is 1.93. The Bertz CT molecular complexity index is 419. The van der Waals surface area contributed by atoms with Crippen molar-refractivity contribution >= 4 is 23.4 Å². The quantitative estimate of drug-likeness (QED) is 0.868. The van der Waals surface area contributed by atoms with Crippen LogP contribution in [0.5, 0.6) is 0 Å². The van der Waals surface area contributed by atoms with Crippen molar-refractivity contribution in [2.75, 3.05) is 23.4 Å². The van der Waals surface area contributed by atoms with Gasteiger partial charge in [0.2, 0.25) is 0 Å². The predicted octanol–water partition coefficient (Wildman–Crippen LogP) is 2.69. The van der Waals surface area contributed by atoms with Crippen LogP contribution in [-0.2, 0) is 0 Å². The van der Waals surface area contributed by atoms with Crippen LogP contribution in [0, 0.1) is 11.7 Å². The van der Waals surface area contributed by atoms with E-state index < -0.39 is 11.8 Å². The molecule has 0 aliphatic carbocycles. The topological polar surface area (TPSA) is 49.3 Å². The Morgan fingerprint density at radius 3 is 3.06 bits per heavy atom. The van der Waals surface area contributed by atoms with Crippen LogP contribution in [-0.4, -0.2) is 29.1 Å². The van der Waals surface area contributed by atoms with Gasteiger partial charge < -0.3 is 10.4 Å². The van der Waals surface area contributed by atoms with Crippen LogP contribution in [0.25, 0.3) is 0 Å². The van der Waals surface area contributed by atoms with Crippen molar-refractivity contribution in [3.8, 4) is 0 Å². The molecule has 0 spiro atoms. The van der Waals surface area contributed by atoms with E-state index in [0.29, 0.717) is 11.6 Å². The van der Waals surface area contributed by atoms with Crippen molar-refractivity contribution < 1.29 is 14.3 Å². The fourth-order valence-corrected chi connectivity index (χ4v) is 3.09. The van der Waals surface area contributed by atoms with Crippen LogP contribution < -0.4 is 5.32 Å². The highest BCUT2D eigenvalue weighted by molar-refractivity contribution is 7.99. The number of carbonyl (C=O) groups is 1. The van der Waals surface area contributed by atoms with Gasteiger partial charge in [0.05, 0.1) is 5.56 Å². The van der Waals surface area contributed by atoms with E-state index >= 15 is 0 Å². The summed E-state index contributed by atoms with van der Waals surface area (Å²) in [6, 6.07) is 4.11. The molecule has 1 saturated heterocycles. The summed E-state index contributed by atoms with van der Waals surface area (Å²) in [5.74, 6) is 1.02. The zero-order valence-corrected chi connectivity index (χ0v) is 10.1. The summed E-state index contributed by atoms with van der Waals surface area (Å²) in [5.41, 5.74) is 0.386. The molecule has 2 rings (SSSR count). The normalized spacial score (nSPS) is 19.2. The molecule has 0 amide bonds. The third-order valence-electron chi connectivity index (χ3n) is 2.82. The van der Waals surface area contributed by atoms with Crippen molar-refractivity contribution in [2.45, 2.75) is 6.42 Å². The summed E-state index contributed by atoms with van der Waals surface area (Å²) in [4.78, 5) is 10.8. The lowest BCUT2D eigenvalue weighted by molar-refractivity contribution is 0.0692. The number of carboxylic acids is 1. The first kappa shape index (κ1) is 12.2. The molecule has 1 fully saturated rings. The van der Waals surface area contributed by atoms with Crippen LogP contribution in [0.4, 0.5) is 10.1 Å². The summed E-state index contributed by atoms with van der Waals surface area (Å²) in [6.45, 7) is 0.817. The van der Waals surface area contributed by atoms with Crippen molar-refractivity contribution in [3.63, 3.8) is 0 Å². The van der Waals surface area contributed by atoms with Gasteiger partial charge in [-0.1, -0.05) is 0 Å². The monoisotopic (exact) mass is 255 g/mol. The van der Waals surface area contributed by atoms with Gasteiger partial charge >= 0.3 is 5.97 Å². The molecule has 17 heavy (non-hydrogen) atoms. The Hall–Kier alpha value is -1.23. The van der Waals surface area contributed by atoms with E-state index in [0.717, 1.165) is 12.3 Å². The van der Waals surface area contributed by atoms with Crippen molar-refractivity contribution in [1.82, 2.24) is 0 Å². The number of hydrogen-bond donors (Lipinski definition) is 2. The Balaban J connectivity index is 2.00. The van der Waals surface area contributed by atoms with E-state index in [1.807, 2.05) is 11.8 Å². The maximum absolute atomic E-state index is 13.1. The molecule has 5 heteroatoms. The molecule has 0 bridgehead atoms. The number of nitrogens with one attached hydrogen (secondary N) is 1. The number of halogens is 1. The largest absolute Gasteiger partial charge is 0.478 e. The van der Waals surface area contributed by atoms with E-state index in [4.69, 9.17) is 5.11 Å². The van der Waals surface area contributed by atoms with E-state index in [1.165, 1.54) is 24.3 Å². The molecular formula is C12H14FNO2S. The highest BCUT2D eigenvalue weighted by Gasteiger charge is 2.16. The molecule has 2 N–H and O–H groups in total. The second-order valence-corrected chi connectivity index (χ2v) is 5.26. The van der Waals surface area contributed by atoms with E-state index in [2.05, 4.69) is 5.32 Å². The SMILES string of the molecule is O=C(O)c1cc(NCC2CCSC2)ccc1F. The minimum atomic E-state index is -1.23. The third-order valence-corrected chi connectivity index (χ3v) is 4.05. The Labute approximate surface area is 103 Å². The lowest BCUT2D eigenvalue weighted by atomic mass is 10.1. The smallest absolute Gasteiger partial charge is 0.338 e. The fourth-order valence-electron chi connectivity index (χ4n) is 1.81. The van der Waals surface area contributed by atoms with Gasteiger partial charge in [0.15, 0.2) is 0 Å². The Morgan fingerprint density at radius 2 is 2.41 bits per heavy atom. The lowest BCUT2D eigenvalue weighted by Gasteiger charge is -2.11. The Morgan fingerprint density at radius 1 is 1.59 bits per heavy atom. The highest BCUT2D eigenvalue weighted by atomic mass is 32.2. The lowest BCUT2D eigenvalue weighted by Crippen LogP contribution is -2.14. The maximum Gasteiger partial charge on any atom is 0.338 e. The molecule has 0 saturated carbocycles. The average molecular weight is 255 g/mol. The van der Waals surface area contributed by atoms with Crippen LogP contribution in [0.1, 0.15) is 16.8 Å². The standard InChI is InChI=1S/C12H14FNO2S/c13-11-2-1-9(5-10(11)12(15)16)14-6-8-3-4-17-7-8/h1-2,5,8,14H,3-4,6-7H2,(H,15,16). The van der Waals surface area contributed by atoms with Crippen LogP contribution in [0.3, 0.4) is 0 Å². The summed E-state index contributed by atoms with van der Waals surface area (Å²) in [5, 5.41) is 12.0. The molecule has 0 radical (unpaired) electrons. The molecule has 92 valence electrons. The Kier molecular flexibility index (Phi) is 3.89. The van der Waals surface area contributed by atoms with E-state index in [-0.39, 0.29) is 5.56 Å². The summed E-state index contributed by atoms with van der Waals surface area (Å²) in [6.07, 6.45) is 1.19. The fraction of sp³-hybridized carbons (Fsp3) is 0.417. The van der Waals surface area contributed by atoms with Crippen LogP contribution in [0.15, 0.2) is 18.2 Å². The number of aromatic carboxylic acids is 1. The first-order chi connectivity index (χ1) is 8.16. The maximum atomic E-state index is 13.1. The molecule has 1 aliphatic heterocycles. The molecule has 1 aromatic rings. The number of carboxylic acid groups (broad SMARTS) is 1. The molecule has 1 atom stereocenters. The molecule has 0 aromatic heterocycles. The van der Waals surface area contributed by atoms with E-state index in [9.17, 15) is 9.18 Å². The van der Waals surface area contributed by atoms with Crippen molar-refractivity contribution in [2.24, 2.45) is 5.92 Å². The summed E-state index contributed by atoms with van der Waals surface area (Å²) in [7, 11) is 0. The van der Waals surface area contributed by atoms with Gasteiger partial charge in [-0.15, -0.1) is 0 Å². The number of rotatable bonds is 4. The molecule has 1 aromatic carbocycles. The molecule has 1 unspecified atom stereocenters. The van der Waals surface area contributed by atoms with Gasteiger partial charge in [-0.2, -0.15) is 11.8 Å². The molecule has 1 heterocycles. The number of thioether (sulfide) groups is 1. The minimum absolute atomic E-state index is 0.282. The molecule has 3 nitrogen and oxygen atoms in total. The highest BCUT2D eigenvalue weighted by Crippen LogP contribution is 2.24. The third kappa shape index (κ3) is 3.12. The zero-order valence-electron chi connectivity index (χ0n) is 9.28. The van der Waals surface area contributed by atoms with E-state index in [1.54, 1.807) is 6.07 Å². The van der Waals surface area contributed by atoms with Crippen molar-refractivity contribution in [1.29, 1.82) is 0 Å². The zero-order chi connectivity index (χ0) is 12.3. The van der Waals surface area contributed by atoms with Crippen LogP contribution in [0.2, 0.25) is 0 Å². The molecule has 1 aliphatic rings. The number of anilines is 1. The second kappa shape index (κ2) is 5.40. The van der Waals surface area contributed by atoms with Gasteiger partial charge in [0.1, 0.15) is 5.82 Å². The van der Waals surface area contributed by atoms with Crippen LogP contribution >= 0.6 is 11.8 Å². The first-order valence-electron chi connectivity index (χ1n) is 5.51.